The SMILES string of the molecule is [C-]#[N+]c1ccc(CC(=O)Cc2cc(-c3nc(-c4ccc(N(C)C)cc4)c(-c4ccc(N(C)C)cc4)[nH]3)ccc2O)cc1. The topological polar surface area (TPSA) is 76.8 Å². The Bertz CT molecular complexity index is 1670. The summed E-state index contributed by atoms with van der Waals surface area (Å²) >= 11 is 0. The van der Waals surface area contributed by atoms with Crippen LogP contribution in [0.3, 0.4) is 0 Å². The number of phenolic OH excluding ortho intramolecular Hbond substituents is 1. The molecule has 4 aromatic carbocycles. The highest BCUT2D eigenvalue weighted by Crippen LogP contribution is 2.35. The van der Waals surface area contributed by atoms with Crippen molar-refractivity contribution < 1.29 is 9.90 Å². The minimum Gasteiger partial charge on any atom is -0.508 e. The van der Waals surface area contributed by atoms with Crippen LogP contribution in [0.15, 0.2) is 91.0 Å². The van der Waals surface area contributed by atoms with Crippen molar-refractivity contribution in [2.24, 2.45) is 0 Å². The average Bonchev–Trinajstić information content (AvgIpc) is 3.44. The van der Waals surface area contributed by atoms with Crippen LogP contribution in [0.1, 0.15) is 11.1 Å². The van der Waals surface area contributed by atoms with E-state index in [1.165, 1.54) is 0 Å². The monoisotopic (exact) mass is 555 g/mol. The number of hydrogen-bond donors (Lipinski definition) is 2. The molecule has 5 aromatic rings. The minimum atomic E-state index is -0.0270. The lowest BCUT2D eigenvalue weighted by Crippen LogP contribution is -2.08. The standard InChI is InChI=1S/C35H33N5O2/c1-36-28-13-6-23(7-14-28)20-31(41)22-27-21-26(12-19-32(27)42)35-37-33(24-8-15-29(16-9-24)39(2)3)34(38-35)25-10-17-30(18-11-25)40(4)5/h6-19,21,42H,20,22H2,2-5H3,(H,37,38). The van der Waals surface area contributed by atoms with Gasteiger partial charge >= 0.3 is 0 Å². The number of phenols is 1. The van der Waals surface area contributed by atoms with Crippen molar-refractivity contribution in [2.45, 2.75) is 12.8 Å². The molecule has 1 heterocycles. The number of H-pyrrole nitrogens is 1. The van der Waals surface area contributed by atoms with E-state index < -0.39 is 0 Å². The molecule has 7 nitrogen and oxygen atoms in total. The third-order valence-corrected chi connectivity index (χ3v) is 7.24. The molecule has 210 valence electrons. The molecule has 0 radical (unpaired) electrons. The van der Waals surface area contributed by atoms with Gasteiger partial charge in [-0.25, -0.2) is 9.83 Å². The first-order valence-corrected chi connectivity index (χ1v) is 13.7. The Hall–Kier alpha value is -5.35. The first kappa shape index (κ1) is 28.2. The molecular formula is C35H33N5O2. The molecule has 0 amide bonds. The summed E-state index contributed by atoms with van der Waals surface area (Å²) in [5.74, 6) is 0.693. The van der Waals surface area contributed by atoms with Gasteiger partial charge in [0, 0.05) is 74.7 Å². The minimum absolute atomic E-state index is 0.0270. The molecule has 0 aliphatic heterocycles. The third kappa shape index (κ3) is 6.18. The summed E-state index contributed by atoms with van der Waals surface area (Å²) in [4.78, 5) is 29.0. The largest absolute Gasteiger partial charge is 0.508 e. The summed E-state index contributed by atoms with van der Waals surface area (Å²) in [6.07, 6.45) is 0.311. The first-order chi connectivity index (χ1) is 20.2. The number of ketones is 1. The van der Waals surface area contributed by atoms with Crippen LogP contribution in [0.25, 0.3) is 38.7 Å². The quantitative estimate of drug-likeness (QED) is 0.189. The molecule has 0 fully saturated rings. The van der Waals surface area contributed by atoms with Gasteiger partial charge in [-0.2, -0.15) is 0 Å². The van der Waals surface area contributed by atoms with Crippen LogP contribution < -0.4 is 9.80 Å². The van der Waals surface area contributed by atoms with Crippen LogP contribution in [0.4, 0.5) is 17.1 Å². The highest BCUT2D eigenvalue weighted by Gasteiger charge is 2.18. The number of aromatic hydroxyl groups is 1. The van der Waals surface area contributed by atoms with Crippen molar-refractivity contribution in [3.63, 3.8) is 0 Å². The van der Waals surface area contributed by atoms with E-state index in [1.54, 1.807) is 30.3 Å². The number of benzene rings is 4. The Balaban J connectivity index is 1.48. The fraction of sp³-hybridized carbons (Fsp3) is 0.171. The van der Waals surface area contributed by atoms with Gasteiger partial charge in [0.25, 0.3) is 0 Å². The van der Waals surface area contributed by atoms with Crippen LogP contribution in [-0.2, 0) is 17.6 Å². The molecule has 0 aliphatic rings. The predicted octanol–water partition coefficient (Wildman–Crippen LogP) is 7.15. The van der Waals surface area contributed by atoms with Crippen LogP contribution in [-0.4, -0.2) is 49.0 Å². The van der Waals surface area contributed by atoms with Gasteiger partial charge in [-0.05, 0) is 48.0 Å². The van der Waals surface area contributed by atoms with Gasteiger partial charge in [0.2, 0.25) is 0 Å². The second kappa shape index (κ2) is 12.0. The van der Waals surface area contributed by atoms with Crippen molar-refractivity contribution in [1.29, 1.82) is 0 Å². The van der Waals surface area contributed by atoms with E-state index >= 15 is 0 Å². The summed E-state index contributed by atoms with van der Waals surface area (Å²) in [7, 11) is 8.05. The van der Waals surface area contributed by atoms with Crippen molar-refractivity contribution in [1.82, 2.24) is 9.97 Å². The Morgan fingerprint density at radius 1 is 0.786 bits per heavy atom. The Labute approximate surface area is 246 Å². The maximum atomic E-state index is 12.9. The second-order valence-corrected chi connectivity index (χ2v) is 10.7. The average molecular weight is 556 g/mol. The number of aromatic nitrogens is 2. The summed E-state index contributed by atoms with van der Waals surface area (Å²) in [5, 5.41) is 10.6. The third-order valence-electron chi connectivity index (χ3n) is 7.24. The molecule has 0 atom stereocenters. The number of rotatable bonds is 9. The highest BCUT2D eigenvalue weighted by molar-refractivity contribution is 5.85. The van der Waals surface area contributed by atoms with Gasteiger partial charge in [-0.1, -0.05) is 48.5 Å². The summed E-state index contributed by atoms with van der Waals surface area (Å²) in [6.45, 7) is 7.10. The molecular weight excluding hydrogens is 522 g/mol. The maximum Gasteiger partial charge on any atom is 0.187 e. The predicted molar refractivity (Wildman–Crippen MR) is 170 cm³/mol. The zero-order valence-electron chi connectivity index (χ0n) is 24.2. The number of carbonyl (C=O) groups excluding carboxylic acids is 1. The van der Waals surface area contributed by atoms with Crippen LogP contribution in [0.2, 0.25) is 0 Å². The highest BCUT2D eigenvalue weighted by atomic mass is 16.3. The van der Waals surface area contributed by atoms with Gasteiger partial charge in [0.05, 0.1) is 18.0 Å². The van der Waals surface area contributed by atoms with Crippen LogP contribution in [0.5, 0.6) is 5.75 Å². The molecule has 7 heteroatoms. The van der Waals surface area contributed by atoms with Crippen molar-refractivity contribution in [2.75, 3.05) is 38.0 Å². The lowest BCUT2D eigenvalue weighted by Gasteiger charge is -2.13. The second-order valence-electron chi connectivity index (χ2n) is 10.7. The normalized spacial score (nSPS) is 10.7. The van der Waals surface area contributed by atoms with Gasteiger partial charge in [-0.3, -0.25) is 4.79 Å². The maximum absolute atomic E-state index is 12.9. The number of nitrogens with zero attached hydrogens (tertiary/aromatic N) is 4. The van der Waals surface area contributed by atoms with Crippen LogP contribution in [0, 0.1) is 6.57 Å². The lowest BCUT2D eigenvalue weighted by atomic mass is 10.00. The fourth-order valence-electron chi connectivity index (χ4n) is 4.84. The number of hydrogen-bond acceptors (Lipinski definition) is 5. The smallest absolute Gasteiger partial charge is 0.187 e. The molecule has 0 spiro atoms. The molecule has 0 aliphatic carbocycles. The molecule has 0 saturated heterocycles. The van der Waals surface area contributed by atoms with Crippen LogP contribution >= 0.6 is 0 Å². The van der Waals surface area contributed by atoms with E-state index in [1.807, 2.05) is 40.3 Å². The van der Waals surface area contributed by atoms with Gasteiger partial charge < -0.3 is 19.9 Å². The summed E-state index contributed by atoms with van der Waals surface area (Å²) in [5.41, 5.74) is 8.59. The van der Waals surface area contributed by atoms with Gasteiger partial charge in [0.15, 0.2) is 5.69 Å². The van der Waals surface area contributed by atoms with E-state index in [2.05, 4.69) is 68.2 Å². The first-order valence-electron chi connectivity index (χ1n) is 13.7. The van der Waals surface area contributed by atoms with E-state index in [9.17, 15) is 9.90 Å². The molecule has 5 rings (SSSR count). The van der Waals surface area contributed by atoms with Gasteiger partial charge in [0.1, 0.15) is 17.4 Å². The molecule has 0 bridgehead atoms. The number of Topliss-reactive ketones (excluding diaryl/α,β-unsaturated/α-hetero) is 1. The Morgan fingerprint density at radius 2 is 1.36 bits per heavy atom. The molecule has 42 heavy (non-hydrogen) atoms. The molecule has 2 N–H and O–H groups in total. The molecule has 1 aromatic heterocycles. The van der Waals surface area contributed by atoms with Gasteiger partial charge in [-0.15, -0.1) is 0 Å². The fourth-order valence-corrected chi connectivity index (χ4v) is 4.84. The number of anilines is 2. The summed E-state index contributed by atoms with van der Waals surface area (Å²) < 4.78 is 0. The Kier molecular flexibility index (Phi) is 8.07. The Morgan fingerprint density at radius 3 is 1.93 bits per heavy atom. The number of nitrogens with one attached hydrogen (secondary N) is 1. The van der Waals surface area contributed by atoms with E-state index in [0.717, 1.165) is 45.0 Å². The lowest BCUT2D eigenvalue weighted by molar-refractivity contribution is -0.117. The zero-order chi connectivity index (χ0) is 29.8. The zero-order valence-corrected chi connectivity index (χ0v) is 24.2. The van der Waals surface area contributed by atoms with Crippen molar-refractivity contribution in [3.05, 3.63) is 114 Å². The number of imidazole rings is 1. The van der Waals surface area contributed by atoms with E-state index in [0.29, 0.717) is 17.1 Å². The number of aromatic amines is 1. The summed E-state index contributed by atoms with van der Waals surface area (Å²) in [6, 6.07) is 28.9. The van der Waals surface area contributed by atoms with Crippen molar-refractivity contribution >= 4 is 22.8 Å². The molecule has 0 saturated carbocycles. The van der Waals surface area contributed by atoms with Crippen molar-refractivity contribution in [3.8, 4) is 39.7 Å². The van der Waals surface area contributed by atoms with E-state index in [-0.39, 0.29) is 24.4 Å². The van der Waals surface area contributed by atoms with E-state index in [4.69, 9.17) is 11.6 Å². The number of carbonyl (C=O) groups is 1. The molecule has 0 unspecified atom stereocenters.